The molecule has 0 aliphatic carbocycles. The van der Waals surface area contributed by atoms with E-state index in [1.165, 1.54) is 0 Å². The van der Waals surface area contributed by atoms with E-state index in [1.54, 1.807) is 21.3 Å². The first-order valence-electron chi connectivity index (χ1n) is 7.02. The number of aliphatic imine (C=N–C) groups is 1. The molecule has 1 heterocycles. The summed E-state index contributed by atoms with van der Waals surface area (Å²) in [5.41, 5.74) is 1.16. The van der Waals surface area contributed by atoms with Crippen molar-refractivity contribution in [3.8, 4) is 11.5 Å². The average molecular weight is 293 g/mol. The standard InChI is InChI=1S/C15H23N3O3/c1-19-12-6-11(7-13(8-12)20-2)4-5-16-15-17-9-14(21-3)10-18-15/h6-8,14H,4-5,9-10H2,1-3H3,(H2,16,17,18). The Balaban J connectivity index is 1.85. The van der Waals surface area contributed by atoms with Crippen LogP contribution in [0.4, 0.5) is 0 Å². The minimum absolute atomic E-state index is 0.165. The van der Waals surface area contributed by atoms with E-state index >= 15 is 0 Å². The number of hydrogen-bond acceptors (Lipinski definition) is 6. The van der Waals surface area contributed by atoms with Crippen LogP contribution in [-0.2, 0) is 11.2 Å². The van der Waals surface area contributed by atoms with E-state index in [-0.39, 0.29) is 6.10 Å². The van der Waals surface area contributed by atoms with Gasteiger partial charge >= 0.3 is 0 Å². The summed E-state index contributed by atoms with van der Waals surface area (Å²) in [6.07, 6.45) is 1.03. The maximum absolute atomic E-state index is 5.27. The molecule has 6 heteroatoms. The third-order valence-corrected chi connectivity index (χ3v) is 3.40. The maximum Gasteiger partial charge on any atom is 0.191 e. The average Bonchev–Trinajstić information content (AvgIpc) is 2.55. The summed E-state index contributed by atoms with van der Waals surface area (Å²) in [6, 6.07) is 5.90. The summed E-state index contributed by atoms with van der Waals surface area (Å²) in [7, 11) is 5.02. The van der Waals surface area contributed by atoms with Gasteiger partial charge in [-0.1, -0.05) is 0 Å². The van der Waals surface area contributed by atoms with Gasteiger partial charge in [0.1, 0.15) is 11.5 Å². The van der Waals surface area contributed by atoms with Crippen LogP contribution in [0.1, 0.15) is 5.56 Å². The maximum atomic E-state index is 5.27. The van der Waals surface area contributed by atoms with Crippen LogP contribution in [0.25, 0.3) is 0 Å². The lowest BCUT2D eigenvalue weighted by molar-refractivity contribution is 0.109. The van der Waals surface area contributed by atoms with Gasteiger partial charge in [-0.2, -0.15) is 0 Å². The van der Waals surface area contributed by atoms with Gasteiger partial charge in [-0.15, -0.1) is 0 Å². The second-order valence-electron chi connectivity index (χ2n) is 4.83. The van der Waals surface area contributed by atoms with Gasteiger partial charge in [-0.25, -0.2) is 0 Å². The van der Waals surface area contributed by atoms with Crippen LogP contribution >= 0.6 is 0 Å². The Bertz CT molecular complexity index is 469. The number of nitrogens with one attached hydrogen (secondary N) is 2. The minimum atomic E-state index is 0.165. The van der Waals surface area contributed by atoms with Crippen LogP contribution in [0.15, 0.2) is 23.2 Å². The predicted octanol–water partition coefficient (Wildman–Crippen LogP) is 0.810. The molecule has 1 aliphatic heterocycles. The van der Waals surface area contributed by atoms with Gasteiger partial charge in [-0.3, -0.25) is 4.99 Å². The Morgan fingerprint density at radius 1 is 1.19 bits per heavy atom. The molecule has 2 N–H and O–H groups in total. The molecule has 0 saturated heterocycles. The zero-order chi connectivity index (χ0) is 15.1. The van der Waals surface area contributed by atoms with Crippen LogP contribution in [0.5, 0.6) is 11.5 Å². The second-order valence-corrected chi connectivity index (χ2v) is 4.83. The van der Waals surface area contributed by atoms with E-state index in [0.717, 1.165) is 42.5 Å². The van der Waals surface area contributed by atoms with Crippen LogP contribution in [0.3, 0.4) is 0 Å². The highest BCUT2D eigenvalue weighted by Gasteiger charge is 2.13. The first kappa shape index (κ1) is 15.4. The highest BCUT2D eigenvalue weighted by molar-refractivity contribution is 5.80. The first-order valence-corrected chi connectivity index (χ1v) is 7.02. The van der Waals surface area contributed by atoms with Crippen molar-refractivity contribution in [2.45, 2.75) is 12.5 Å². The van der Waals surface area contributed by atoms with E-state index in [1.807, 2.05) is 18.2 Å². The van der Waals surface area contributed by atoms with Crippen molar-refractivity contribution in [1.29, 1.82) is 0 Å². The monoisotopic (exact) mass is 293 g/mol. The lowest BCUT2D eigenvalue weighted by Gasteiger charge is -2.22. The third kappa shape index (κ3) is 4.53. The van der Waals surface area contributed by atoms with E-state index < -0.39 is 0 Å². The van der Waals surface area contributed by atoms with Crippen molar-refractivity contribution in [1.82, 2.24) is 10.6 Å². The zero-order valence-corrected chi connectivity index (χ0v) is 12.8. The number of guanidine groups is 1. The van der Waals surface area contributed by atoms with Crippen molar-refractivity contribution in [3.63, 3.8) is 0 Å². The molecule has 21 heavy (non-hydrogen) atoms. The molecule has 0 bridgehead atoms. The summed E-state index contributed by atoms with van der Waals surface area (Å²) < 4.78 is 15.8. The fourth-order valence-electron chi connectivity index (χ4n) is 2.14. The van der Waals surface area contributed by atoms with Crippen molar-refractivity contribution >= 4 is 5.96 Å². The molecule has 0 radical (unpaired) electrons. The van der Waals surface area contributed by atoms with E-state index in [0.29, 0.717) is 6.54 Å². The van der Waals surface area contributed by atoms with Gasteiger partial charge in [0.25, 0.3) is 0 Å². The molecular formula is C15H23N3O3. The Kier molecular flexibility index (Phi) is 5.68. The highest BCUT2D eigenvalue weighted by Crippen LogP contribution is 2.22. The topological polar surface area (TPSA) is 64.1 Å². The quantitative estimate of drug-likeness (QED) is 0.812. The second kappa shape index (κ2) is 7.73. The molecule has 6 nitrogen and oxygen atoms in total. The highest BCUT2D eigenvalue weighted by atomic mass is 16.5. The smallest absolute Gasteiger partial charge is 0.191 e. The normalized spacial score (nSPS) is 17.7. The summed E-state index contributed by atoms with van der Waals surface area (Å²) in [4.78, 5) is 4.40. The largest absolute Gasteiger partial charge is 0.497 e. The Morgan fingerprint density at radius 2 is 1.90 bits per heavy atom. The van der Waals surface area contributed by atoms with Gasteiger partial charge in [0.05, 0.1) is 26.9 Å². The zero-order valence-electron chi connectivity index (χ0n) is 12.8. The van der Waals surface area contributed by atoms with Crippen molar-refractivity contribution in [3.05, 3.63) is 23.8 Å². The van der Waals surface area contributed by atoms with Gasteiger partial charge in [0, 0.05) is 26.3 Å². The Morgan fingerprint density at radius 3 is 2.43 bits per heavy atom. The van der Waals surface area contributed by atoms with E-state index in [2.05, 4.69) is 15.6 Å². The van der Waals surface area contributed by atoms with Crippen LogP contribution in [-0.4, -0.2) is 53.0 Å². The molecule has 1 atom stereocenters. The molecular weight excluding hydrogens is 270 g/mol. The van der Waals surface area contributed by atoms with E-state index in [4.69, 9.17) is 14.2 Å². The first-order chi connectivity index (χ1) is 10.2. The van der Waals surface area contributed by atoms with Crippen molar-refractivity contribution < 1.29 is 14.2 Å². The molecule has 0 saturated carbocycles. The molecule has 0 spiro atoms. The Hall–Kier alpha value is -1.95. The van der Waals surface area contributed by atoms with Gasteiger partial charge in [0.2, 0.25) is 0 Å². The number of hydrogen-bond donors (Lipinski definition) is 2. The summed E-state index contributed by atoms with van der Waals surface area (Å²) >= 11 is 0. The molecule has 0 aromatic heterocycles. The van der Waals surface area contributed by atoms with Crippen LogP contribution in [0.2, 0.25) is 0 Å². The summed E-state index contributed by atoms with van der Waals surface area (Å²) in [5, 5.41) is 6.51. The van der Waals surface area contributed by atoms with Crippen molar-refractivity contribution in [2.75, 3.05) is 41.0 Å². The van der Waals surface area contributed by atoms with Gasteiger partial charge < -0.3 is 24.8 Å². The summed E-state index contributed by atoms with van der Waals surface area (Å²) in [5.74, 6) is 2.44. The lowest BCUT2D eigenvalue weighted by atomic mass is 10.1. The number of benzene rings is 1. The Labute approximate surface area is 125 Å². The molecule has 1 aromatic rings. The van der Waals surface area contributed by atoms with Crippen LogP contribution in [0, 0.1) is 0 Å². The minimum Gasteiger partial charge on any atom is -0.497 e. The molecule has 0 amide bonds. The number of rotatable bonds is 6. The molecule has 116 valence electrons. The molecule has 0 fully saturated rings. The SMILES string of the molecule is COc1cc(CCNC2=NCC(OC)CN2)cc(OC)c1. The lowest BCUT2D eigenvalue weighted by Crippen LogP contribution is -2.47. The predicted molar refractivity (Wildman–Crippen MR) is 82.4 cm³/mol. The number of ether oxygens (including phenoxy) is 3. The van der Waals surface area contributed by atoms with Crippen LogP contribution < -0.4 is 20.1 Å². The van der Waals surface area contributed by atoms with Gasteiger partial charge in [0.15, 0.2) is 5.96 Å². The fraction of sp³-hybridized carbons (Fsp3) is 0.533. The molecule has 1 unspecified atom stereocenters. The number of nitrogens with zero attached hydrogens (tertiary/aromatic N) is 1. The molecule has 2 rings (SSSR count). The van der Waals surface area contributed by atoms with E-state index in [9.17, 15) is 0 Å². The molecule has 1 aromatic carbocycles. The summed E-state index contributed by atoms with van der Waals surface area (Å²) in [6.45, 7) is 2.27. The van der Waals surface area contributed by atoms with Crippen molar-refractivity contribution in [2.24, 2.45) is 4.99 Å². The number of methoxy groups -OCH3 is 3. The fourth-order valence-corrected chi connectivity index (χ4v) is 2.14. The van der Waals surface area contributed by atoms with Gasteiger partial charge in [-0.05, 0) is 24.1 Å². The third-order valence-electron chi connectivity index (χ3n) is 3.40. The molecule has 1 aliphatic rings.